The van der Waals surface area contributed by atoms with Crippen molar-refractivity contribution in [2.24, 2.45) is 0 Å². The molecule has 24 heavy (non-hydrogen) atoms. The van der Waals surface area contributed by atoms with Gasteiger partial charge in [-0.2, -0.15) is 0 Å². The Hall–Kier alpha value is -2.60. The van der Waals surface area contributed by atoms with E-state index in [-0.39, 0.29) is 11.1 Å². The number of imide groups is 1. The van der Waals surface area contributed by atoms with E-state index in [1.165, 1.54) is 0 Å². The molecule has 3 amide bonds. The van der Waals surface area contributed by atoms with Crippen molar-refractivity contribution in [3.63, 3.8) is 0 Å². The second kappa shape index (κ2) is 7.31. The first-order valence-electron chi connectivity index (χ1n) is 7.53. The first-order chi connectivity index (χ1) is 11.7. The number of carbonyl (C=O) groups is 3. The molecule has 0 radical (unpaired) electrons. The molecule has 3 rings (SSSR count). The van der Waals surface area contributed by atoms with E-state index in [1.807, 2.05) is 48.5 Å². The van der Waals surface area contributed by atoms with Crippen LogP contribution in [0.2, 0.25) is 0 Å². The van der Waals surface area contributed by atoms with E-state index >= 15 is 0 Å². The molecule has 5 nitrogen and oxygen atoms in total. The molecule has 122 valence electrons. The highest BCUT2D eigenvalue weighted by atomic mass is 32.2. The highest BCUT2D eigenvalue weighted by Crippen LogP contribution is 2.27. The highest BCUT2D eigenvalue weighted by molar-refractivity contribution is 8.15. The zero-order chi connectivity index (χ0) is 16.9. The fraction of sp³-hybridized carbons (Fsp3) is 0.167. The molecule has 1 atom stereocenters. The summed E-state index contributed by atoms with van der Waals surface area (Å²) in [6, 6.07) is 15.9. The number of hydrogen-bond acceptors (Lipinski definition) is 4. The van der Waals surface area contributed by atoms with E-state index < -0.39 is 5.25 Å². The summed E-state index contributed by atoms with van der Waals surface area (Å²) >= 11 is 1.01. The monoisotopic (exact) mass is 340 g/mol. The summed E-state index contributed by atoms with van der Waals surface area (Å²) < 4.78 is 0. The number of thioether (sulfide) groups is 1. The van der Waals surface area contributed by atoms with Crippen LogP contribution in [0.4, 0.5) is 4.79 Å². The molecule has 0 aromatic heterocycles. The number of benzene rings is 2. The van der Waals surface area contributed by atoms with Crippen LogP contribution < -0.4 is 10.6 Å². The second-order valence-corrected chi connectivity index (χ2v) is 6.61. The summed E-state index contributed by atoms with van der Waals surface area (Å²) in [6.45, 7) is 0.381. The molecular formula is C18H16N2O3S. The van der Waals surface area contributed by atoms with E-state index in [0.29, 0.717) is 19.4 Å². The van der Waals surface area contributed by atoms with Gasteiger partial charge in [-0.25, -0.2) is 0 Å². The standard InChI is InChI=1S/C18H16N2O3S/c21-11-19-10-15-8-13(12-4-2-1-3-5-12)6-7-14(15)9-16-17(22)20-18(23)24-16/h1-8,11,16H,9-10H2,(H,19,21)(H,20,22,23). The summed E-state index contributed by atoms with van der Waals surface area (Å²) in [4.78, 5) is 33.8. The van der Waals surface area contributed by atoms with Crippen LogP contribution in [0.5, 0.6) is 0 Å². The molecule has 0 bridgehead atoms. The first-order valence-corrected chi connectivity index (χ1v) is 8.41. The average molecular weight is 340 g/mol. The van der Waals surface area contributed by atoms with Crippen molar-refractivity contribution in [2.45, 2.75) is 18.2 Å². The van der Waals surface area contributed by atoms with E-state index in [1.54, 1.807) is 0 Å². The predicted molar refractivity (Wildman–Crippen MR) is 93.4 cm³/mol. The van der Waals surface area contributed by atoms with E-state index in [2.05, 4.69) is 10.6 Å². The molecule has 6 heteroatoms. The van der Waals surface area contributed by atoms with Crippen molar-refractivity contribution in [2.75, 3.05) is 0 Å². The number of hydrogen-bond donors (Lipinski definition) is 2. The van der Waals surface area contributed by atoms with Gasteiger partial charge in [-0.05, 0) is 34.7 Å². The molecule has 1 aliphatic rings. The topological polar surface area (TPSA) is 75.3 Å². The minimum atomic E-state index is -0.421. The average Bonchev–Trinajstić information content (AvgIpc) is 2.92. The van der Waals surface area contributed by atoms with Crippen LogP contribution in [0.3, 0.4) is 0 Å². The molecule has 2 aromatic rings. The van der Waals surface area contributed by atoms with Crippen molar-refractivity contribution in [3.8, 4) is 11.1 Å². The Morgan fingerprint density at radius 2 is 1.83 bits per heavy atom. The SMILES string of the molecule is O=CNCc1cc(-c2ccccc2)ccc1CC1SC(=O)NC1=O. The summed E-state index contributed by atoms with van der Waals surface area (Å²) in [6.07, 6.45) is 1.10. The minimum Gasteiger partial charge on any atom is -0.355 e. The Balaban J connectivity index is 1.89. The van der Waals surface area contributed by atoms with Crippen LogP contribution in [0.15, 0.2) is 48.5 Å². The molecule has 1 fully saturated rings. The molecule has 0 aliphatic carbocycles. The molecular weight excluding hydrogens is 324 g/mol. The fourth-order valence-corrected chi connectivity index (χ4v) is 3.53. The van der Waals surface area contributed by atoms with Gasteiger partial charge in [0.05, 0.1) is 5.25 Å². The Morgan fingerprint density at radius 3 is 2.50 bits per heavy atom. The smallest absolute Gasteiger partial charge is 0.286 e. The molecule has 0 saturated carbocycles. The lowest BCUT2D eigenvalue weighted by atomic mass is 9.96. The zero-order valence-electron chi connectivity index (χ0n) is 12.8. The number of rotatable bonds is 6. The Bertz CT molecular complexity index is 777. The fourth-order valence-electron chi connectivity index (χ4n) is 2.68. The van der Waals surface area contributed by atoms with Crippen molar-refractivity contribution in [1.82, 2.24) is 10.6 Å². The minimum absolute atomic E-state index is 0.258. The maximum atomic E-state index is 11.8. The number of carbonyl (C=O) groups excluding carboxylic acids is 3. The lowest BCUT2D eigenvalue weighted by Gasteiger charge is -2.13. The van der Waals surface area contributed by atoms with Crippen LogP contribution in [-0.2, 0) is 22.6 Å². The molecule has 1 unspecified atom stereocenters. The molecule has 0 spiro atoms. The lowest BCUT2D eigenvalue weighted by Crippen LogP contribution is -2.26. The van der Waals surface area contributed by atoms with Gasteiger partial charge in [-0.15, -0.1) is 0 Å². The summed E-state index contributed by atoms with van der Waals surface area (Å²) in [5.41, 5.74) is 4.02. The Morgan fingerprint density at radius 1 is 1.04 bits per heavy atom. The maximum Gasteiger partial charge on any atom is 0.286 e. The maximum absolute atomic E-state index is 11.8. The van der Waals surface area contributed by atoms with E-state index in [9.17, 15) is 14.4 Å². The van der Waals surface area contributed by atoms with Crippen molar-refractivity contribution >= 4 is 29.3 Å². The van der Waals surface area contributed by atoms with Crippen molar-refractivity contribution in [3.05, 3.63) is 59.7 Å². The molecule has 1 aliphatic heterocycles. The van der Waals surface area contributed by atoms with Gasteiger partial charge in [0.1, 0.15) is 0 Å². The number of amides is 3. The largest absolute Gasteiger partial charge is 0.355 e. The van der Waals surface area contributed by atoms with Crippen molar-refractivity contribution < 1.29 is 14.4 Å². The third-order valence-corrected chi connectivity index (χ3v) is 4.84. The molecule has 2 N–H and O–H groups in total. The molecule has 1 saturated heterocycles. The van der Waals surface area contributed by atoms with Crippen LogP contribution in [0, 0.1) is 0 Å². The van der Waals surface area contributed by atoms with Gasteiger partial charge in [0.25, 0.3) is 5.24 Å². The van der Waals surface area contributed by atoms with Gasteiger partial charge < -0.3 is 5.32 Å². The first kappa shape index (κ1) is 16.3. The third kappa shape index (κ3) is 3.65. The van der Waals surface area contributed by atoms with E-state index in [0.717, 1.165) is 34.0 Å². The van der Waals surface area contributed by atoms with Gasteiger partial charge in [0.15, 0.2) is 0 Å². The quantitative estimate of drug-likeness (QED) is 0.792. The third-order valence-electron chi connectivity index (χ3n) is 3.86. The summed E-state index contributed by atoms with van der Waals surface area (Å²) in [5.74, 6) is -0.258. The van der Waals surface area contributed by atoms with Crippen LogP contribution in [0.25, 0.3) is 11.1 Å². The van der Waals surface area contributed by atoms with Crippen LogP contribution in [-0.4, -0.2) is 22.8 Å². The second-order valence-electron chi connectivity index (χ2n) is 5.44. The Kier molecular flexibility index (Phi) is 4.96. The van der Waals surface area contributed by atoms with Gasteiger partial charge >= 0.3 is 0 Å². The summed E-state index contributed by atoms with van der Waals surface area (Å²) in [5, 5.41) is 4.25. The predicted octanol–water partition coefficient (Wildman–Crippen LogP) is 2.49. The Labute approximate surface area is 143 Å². The molecule has 1 heterocycles. The van der Waals surface area contributed by atoms with Gasteiger partial charge in [-0.3, -0.25) is 19.7 Å². The van der Waals surface area contributed by atoms with Crippen molar-refractivity contribution in [1.29, 1.82) is 0 Å². The van der Waals surface area contributed by atoms with E-state index in [4.69, 9.17) is 0 Å². The lowest BCUT2D eigenvalue weighted by molar-refractivity contribution is -0.119. The van der Waals surface area contributed by atoms with Gasteiger partial charge in [-0.1, -0.05) is 54.2 Å². The highest BCUT2D eigenvalue weighted by Gasteiger charge is 2.31. The normalized spacial score (nSPS) is 16.8. The summed E-state index contributed by atoms with van der Waals surface area (Å²) in [7, 11) is 0. The number of nitrogens with one attached hydrogen (secondary N) is 2. The molecule has 2 aromatic carbocycles. The van der Waals surface area contributed by atoms with Crippen LogP contribution >= 0.6 is 11.8 Å². The van der Waals surface area contributed by atoms with Gasteiger partial charge in [0, 0.05) is 6.54 Å². The zero-order valence-corrected chi connectivity index (χ0v) is 13.6. The van der Waals surface area contributed by atoms with Gasteiger partial charge in [0.2, 0.25) is 12.3 Å². The van der Waals surface area contributed by atoms with Crippen LogP contribution in [0.1, 0.15) is 11.1 Å².